The molecule has 12 heteroatoms. The van der Waals surface area contributed by atoms with Crippen molar-refractivity contribution in [3.05, 3.63) is 131 Å². The molecule has 1 unspecified atom stereocenters. The molecule has 234 valence electrons. The zero-order valence-corrected chi connectivity index (χ0v) is 27.1. The predicted molar refractivity (Wildman–Crippen MR) is 176 cm³/mol. The van der Waals surface area contributed by atoms with Gasteiger partial charge in [0.15, 0.2) is 0 Å². The van der Waals surface area contributed by atoms with Crippen molar-refractivity contribution < 1.29 is 29.8 Å². The van der Waals surface area contributed by atoms with Gasteiger partial charge in [-0.3, -0.25) is 4.79 Å². The van der Waals surface area contributed by atoms with Crippen molar-refractivity contribution in [2.45, 2.75) is 39.2 Å². The quantitative estimate of drug-likeness (QED) is 0.0994. The summed E-state index contributed by atoms with van der Waals surface area (Å²) in [5.41, 5.74) is 6.32. The number of carboxylic acid groups (broad SMARTS) is 2. The maximum atomic E-state index is 13.2. The molecule has 0 fully saturated rings. The second kappa shape index (κ2) is 14.6. The first kappa shape index (κ1) is 34.2. The average Bonchev–Trinajstić information content (AvgIpc) is 3.00. The highest BCUT2D eigenvalue weighted by molar-refractivity contribution is 6.39. The Morgan fingerprint density at radius 2 is 1.20 bits per heavy atom. The van der Waals surface area contributed by atoms with Crippen LogP contribution in [0.4, 0.5) is 5.69 Å². The topological polar surface area (TPSA) is 136 Å². The Morgan fingerprint density at radius 1 is 0.689 bits per heavy atom. The minimum atomic E-state index is -1.37. The number of carboxylic acids is 2. The molecule has 0 aliphatic heterocycles. The van der Waals surface area contributed by atoms with Crippen molar-refractivity contribution >= 4 is 69.9 Å². The lowest BCUT2D eigenvalue weighted by Crippen LogP contribution is -2.23. The first-order chi connectivity index (χ1) is 21.4. The largest absolute Gasteiger partial charge is 0.478 e. The van der Waals surface area contributed by atoms with Gasteiger partial charge >= 0.3 is 11.9 Å². The molecule has 4 aromatic carbocycles. The molecule has 0 radical (unpaired) electrons. The number of rotatable bonds is 11. The molecule has 8 nitrogen and oxygen atoms in total. The summed E-state index contributed by atoms with van der Waals surface area (Å²) in [5.74, 6) is -3.32. The molecule has 0 saturated heterocycles. The van der Waals surface area contributed by atoms with Crippen molar-refractivity contribution in [2.24, 2.45) is 0 Å². The highest BCUT2D eigenvalue weighted by Crippen LogP contribution is 2.37. The number of aryl methyl sites for hydroxylation is 2. The van der Waals surface area contributed by atoms with Crippen molar-refractivity contribution in [1.82, 2.24) is 5.48 Å². The van der Waals surface area contributed by atoms with Gasteiger partial charge in [0, 0.05) is 16.3 Å². The van der Waals surface area contributed by atoms with Crippen molar-refractivity contribution in [3.63, 3.8) is 0 Å². The lowest BCUT2D eigenvalue weighted by Gasteiger charge is -2.23. The van der Waals surface area contributed by atoms with Gasteiger partial charge in [-0.25, -0.2) is 9.59 Å². The Hall–Kier alpha value is -3.63. The SMILES string of the molecule is CCc1cc(Cc2ccc(C(NO)c3c(Cl)ccc(Cl)c3C(=O)O)c(CC)c2)ccc1NC(=O)c1c(Cl)ccc(Cl)c1C(=O)O. The molecule has 1 atom stereocenters. The van der Waals surface area contributed by atoms with Crippen LogP contribution < -0.4 is 10.8 Å². The average molecular weight is 690 g/mol. The van der Waals surface area contributed by atoms with Gasteiger partial charge in [0.1, 0.15) is 0 Å². The van der Waals surface area contributed by atoms with Gasteiger partial charge in [-0.15, -0.1) is 0 Å². The van der Waals surface area contributed by atoms with Gasteiger partial charge in [-0.1, -0.05) is 90.6 Å². The molecule has 0 aromatic heterocycles. The van der Waals surface area contributed by atoms with Gasteiger partial charge in [0.2, 0.25) is 0 Å². The van der Waals surface area contributed by atoms with Crippen LogP contribution in [0.1, 0.15) is 84.3 Å². The molecule has 45 heavy (non-hydrogen) atoms. The molecule has 0 aliphatic carbocycles. The number of nitrogens with one attached hydrogen (secondary N) is 2. The summed E-state index contributed by atoms with van der Waals surface area (Å²) < 4.78 is 0. The van der Waals surface area contributed by atoms with E-state index in [4.69, 9.17) is 46.4 Å². The normalized spacial score (nSPS) is 11.7. The molecule has 0 aliphatic rings. The van der Waals surface area contributed by atoms with E-state index in [0.717, 1.165) is 22.3 Å². The molecular formula is C33H28Cl4N2O6. The standard InChI is InChI=1S/C33H28Cl4N2O6/c1-3-18-14-16(5-7-20(18)30(39-45)26-21(34)8-10-23(36)28(26)32(41)42)13-17-6-12-25(19(4-2)15-17)38-31(40)27-22(35)9-11-24(37)29(27)33(43)44/h5-12,14-15,30,39,45H,3-4,13H2,1-2H3,(H,38,40)(H,41,42)(H,43,44). The third kappa shape index (κ3) is 7.28. The van der Waals surface area contributed by atoms with E-state index in [1.54, 1.807) is 6.07 Å². The van der Waals surface area contributed by atoms with Crippen LogP contribution in [0.3, 0.4) is 0 Å². The van der Waals surface area contributed by atoms with E-state index in [-0.39, 0.29) is 42.3 Å². The Bertz CT molecular complexity index is 1810. The van der Waals surface area contributed by atoms with Crippen molar-refractivity contribution in [3.8, 4) is 0 Å². The third-order valence-corrected chi connectivity index (χ3v) is 8.70. The Morgan fingerprint density at radius 3 is 1.76 bits per heavy atom. The fourth-order valence-corrected chi connectivity index (χ4v) is 6.28. The fraction of sp³-hybridized carbons (Fsp3) is 0.182. The number of carbonyl (C=O) groups is 3. The van der Waals surface area contributed by atoms with Crippen LogP contribution in [-0.2, 0) is 19.3 Å². The zero-order valence-electron chi connectivity index (χ0n) is 24.1. The number of carbonyl (C=O) groups excluding carboxylic acids is 1. The van der Waals surface area contributed by atoms with E-state index in [2.05, 4.69) is 10.8 Å². The number of anilines is 1. The first-order valence-corrected chi connectivity index (χ1v) is 15.3. The number of hydrogen-bond acceptors (Lipinski definition) is 5. The zero-order chi connectivity index (χ0) is 33.0. The summed E-state index contributed by atoms with van der Waals surface area (Å²) in [4.78, 5) is 37.0. The summed E-state index contributed by atoms with van der Waals surface area (Å²) >= 11 is 24.8. The monoisotopic (exact) mass is 688 g/mol. The summed E-state index contributed by atoms with van der Waals surface area (Å²) in [6.07, 6.45) is 1.69. The Labute approximate surface area is 279 Å². The lowest BCUT2D eigenvalue weighted by molar-refractivity contribution is 0.0682. The molecule has 5 N–H and O–H groups in total. The van der Waals surface area contributed by atoms with Gasteiger partial charge in [0.25, 0.3) is 5.91 Å². The maximum Gasteiger partial charge on any atom is 0.338 e. The number of hydrogen-bond donors (Lipinski definition) is 5. The summed E-state index contributed by atoms with van der Waals surface area (Å²) in [5, 5.41) is 32.4. The molecule has 4 rings (SSSR count). The van der Waals surface area contributed by atoms with E-state index in [1.165, 1.54) is 24.3 Å². The van der Waals surface area contributed by atoms with Crippen LogP contribution in [0.5, 0.6) is 0 Å². The summed E-state index contributed by atoms with van der Waals surface area (Å²) in [7, 11) is 0. The first-order valence-electron chi connectivity index (χ1n) is 13.8. The molecule has 0 spiro atoms. The number of aromatic carboxylic acids is 2. The van der Waals surface area contributed by atoms with E-state index in [1.807, 2.05) is 44.2 Å². The van der Waals surface area contributed by atoms with Gasteiger partial charge in [-0.2, -0.15) is 5.48 Å². The molecule has 0 heterocycles. The second-order valence-corrected chi connectivity index (χ2v) is 11.8. The Kier molecular flexibility index (Phi) is 11.1. The highest BCUT2D eigenvalue weighted by atomic mass is 35.5. The second-order valence-electron chi connectivity index (χ2n) is 10.1. The van der Waals surface area contributed by atoms with Crippen molar-refractivity contribution in [1.29, 1.82) is 0 Å². The smallest absolute Gasteiger partial charge is 0.338 e. The number of amides is 1. The summed E-state index contributed by atoms with van der Waals surface area (Å²) in [6.45, 7) is 3.88. The number of halogens is 4. The van der Waals surface area contributed by atoms with Gasteiger partial charge in [-0.05, 0) is 77.4 Å². The van der Waals surface area contributed by atoms with E-state index >= 15 is 0 Å². The van der Waals surface area contributed by atoms with Gasteiger partial charge < -0.3 is 20.7 Å². The van der Waals surface area contributed by atoms with E-state index in [9.17, 15) is 29.8 Å². The molecule has 1 amide bonds. The maximum absolute atomic E-state index is 13.2. The molecule has 4 aromatic rings. The van der Waals surface area contributed by atoms with Crippen LogP contribution in [0.15, 0.2) is 60.7 Å². The van der Waals surface area contributed by atoms with Crippen LogP contribution in [0.25, 0.3) is 0 Å². The van der Waals surface area contributed by atoms with Crippen LogP contribution in [0.2, 0.25) is 20.1 Å². The van der Waals surface area contributed by atoms with Crippen LogP contribution >= 0.6 is 46.4 Å². The molecule has 0 bridgehead atoms. The summed E-state index contributed by atoms with van der Waals surface area (Å²) in [6, 6.07) is 15.9. The van der Waals surface area contributed by atoms with E-state index in [0.29, 0.717) is 30.5 Å². The molecule has 0 saturated carbocycles. The van der Waals surface area contributed by atoms with E-state index < -0.39 is 23.9 Å². The fourth-order valence-electron chi connectivity index (χ4n) is 5.29. The predicted octanol–water partition coefficient (Wildman–Crippen LogP) is 8.73. The third-order valence-electron chi connectivity index (χ3n) is 7.42. The number of benzene rings is 4. The Balaban J connectivity index is 1.63. The number of hydroxylamine groups is 1. The molecular weight excluding hydrogens is 662 g/mol. The van der Waals surface area contributed by atoms with Crippen LogP contribution in [-0.4, -0.2) is 33.3 Å². The highest BCUT2D eigenvalue weighted by Gasteiger charge is 2.28. The van der Waals surface area contributed by atoms with Crippen molar-refractivity contribution in [2.75, 3.05) is 5.32 Å². The van der Waals surface area contributed by atoms with Crippen LogP contribution in [0, 0.1) is 0 Å². The van der Waals surface area contributed by atoms with Gasteiger partial charge in [0.05, 0.1) is 37.8 Å². The lowest BCUT2D eigenvalue weighted by atomic mass is 9.89. The minimum Gasteiger partial charge on any atom is -0.478 e. The minimum absolute atomic E-state index is 0.00109.